The van der Waals surface area contributed by atoms with Crippen molar-refractivity contribution in [1.29, 1.82) is 0 Å². The lowest BCUT2D eigenvalue weighted by Gasteiger charge is -2.14. The van der Waals surface area contributed by atoms with Crippen LogP contribution in [0.1, 0.15) is 42.6 Å². The summed E-state index contributed by atoms with van der Waals surface area (Å²) in [6, 6.07) is 18.3. The van der Waals surface area contributed by atoms with Gasteiger partial charge in [0.25, 0.3) is 5.56 Å². The van der Waals surface area contributed by atoms with Gasteiger partial charge >= 0.3 is 0 Å². The van der Waals surface area contributed by atoms with Crippen molar-refractivity contribution in [3.8, 4) is 17.5 Å². The fourth-order valence-electron chi connectivity index (χ4n) is 3.72. The SMILES string of the molecule is CCc1cc2cccc(C#Cc3cnn(C4CC4)c3)c2c(=O)n1-c1ccccc1. The van der Waals surface area contributed by atoms with E-state index in [2.05, 4.69) is 29.9 Å². The van der Waals surface area contributed by atoms with Crippen molar-refractivity contribution in [2.75, 3.05) is 0 Å². The summed E-state index contributed by atoms with van der Waals surface area (Å²) < 4.78 is 3.79. The predicted octanol–water partition coefficient (Wildman–Crippen LogP) is 4.48. The molecule has 2 aromatic carbocycles. The normalized spacial score (nSPS) is 13.3. The standard InChI is InChI=1S/C25H21N3O/c1-2-21-15-20-8-6-7-19(12-11-18-16-26-27(17-18)22-13-14-22)24(20)25(29)28(21)23-9-4-3-5-10-23/h3-10,15-17,22H,2,13-14H2,1H3. The van der Waals surface area contributed by atoms with Crippen LogP contribution in [-0.2, 0) is 6.42 Å². The molecule has 4 nitrogen and oxygen atoms in total. The zero-order chi connectivity index (χ0) is 19.8. The van der Waals surface area contributed by atoms with Crippen LogP contribution in [0.25, 0.3) is 16.5 Å². The molecule has 2 aromatic heterocycles. The summed E-state index contributed by atoms with van der Waals surface area (Å²) in [5, 5.41) is 5.99. The summed E-state index contributed by atoms with van der Waals surface area (Å²) >= 11 is 0. The van der Waals surface area contributed by atoms with Crippen LogP contribution in [0.5, 0.6) is 0 Å². The average Bonchev–Trinajstić information content (AvgIpc) is 3.50. The molecule has 0 atom stereocenters. The molecule has 0 bridgehead atoms. The first-order chi connectivity index (χ1) is 14.2. The highest BCUT2D eigenvalue weighted by Crippen LogP contribution is 2.33. The number of aryl methyl sites for hydroxylation is 1. The molecule has 0 aliphatic heterocycles. The molecule has 0 unspecified atom stereocenters. The molecule has 142 valence electrons. The number of fused-ring (bicyclic) bond motifs is 1. The van der Waals surface area contributed by atoms with E-state index in [-0.39, 0.29) is 5.56 Å². The predicted molar refractivity (Wildman–Crippen MR) is 115 cm³/mol. The van der Waals surface area contributed by atoms with Gasteiger partial charge in [-0.05, 0) is 48.9 Å². The van der Waals surface area contributed by atoms with Crippen molar-refractivity contribution in [3.05, 3.63) is 94.2 Å². The second-order valence-electron chi connectivity index (χ2n) is 7.43. The van der Waals surface area contributed by atoms with E-state index in [1.54, 1.807) is 10.8 Å². The topological polar surface area (TPSA) is 39.8 Å². The van der Waals surface area contributed by atoms with Crippen LogP contribution in [-0.4, -0.2) is 14.3 Å². The van der Waals surface area contributed by atoms with Gasteiger partial charge in [0.1, 0.15) is 0 Å². The maximum atomic E-state index is 13.5. The Hall–Kier alpha value is -3.58. The first kappa shape index (κ1) is 17.5. The molecule has 4 aromatic rings. The van der Waals surface area contributed by atoms with Gasteiger partial charge < -0.3 is 0 Å². The molecule has 1 aliphatic rings. The zero-order valence-corrected chi connectivity index (χ0v) is 16.3. The van der Waals surface area contributed by atoms with E-state index in [1.165, 1.54) is 12.8 Å². The van der Waals surface area contributed by atoms with E-state index in [1.807, 2.05) is 59.4 Å². The molecule has 0 radical (unpaired) electrons. The molecule has 0 spiro atoms. The minimum atomic E-state index is -0.0240. The van der Waals surface area contributed by atoms with E-state index in [0.29, 0.717) is 11.4 Å². The Bertz CT molecular complexity index is 1320. The van der Waals surface area contributed by atoms with Crippen LogP contribution in [0, 0.1) is 11.8 Å². The van der Waals surface area contributed by atoms with Gasteiger partial charge in [-0.25, -0.2) is 0 Å². The number of pyridine rings is 1. The number of aromatic nitrogens is 3. The van der Waals surface area contributed by atoms with Crippen molar-refractivity contribution in [3.63, 3.8) is 0 Å². The lowest BCUT2D eigenvalue weighted by molar-refractivity contribution is 0.641. The Morgan fingerprint density at radius 3 is 2.66 bits per heavy atom. The smallest absolute Gasteiger partial charge is 0.264 e. The van der Waals surface area contributed by atoms with Crippen LogP contribution in [0.2, 0.25) is 0 Å². The Morgan fingerprint density at radius 1 is 1.07 bits per heavy atom. The monoisotopic (exact) mass is 379 g/mol. The number of rotatable bonds is 3. The molecule has 29 heavy (non-hydrogen) atoms. The Morgan fingerprint density at radius 2 is 1.90 bits per heavy atom. The molecule has 1 saturated carbocycles. The van der Waals surface area contributed by atoms with Gasteiger partial charge in [-0.2, -0.15) is 5.10 Å². The number of hydrogen-bond acceptors (Lipinski definition) is 2. The highest BCUT2D eigenvalue weighted by Gasteiger charge is 2.23. The molecule has 5 rings (SSSR count). The van der Waals surface area contributed by atoms with E-state index >= 15 is 0 Å². The van der Waals surface area contributed by atoms with Gasteiger partial charge in [0.05, 0.1) is 23.2 Å². The van der Waals surface area contributed by atoms with Crippen molar-refractivity contribution in [2.45, 2.75) is 32.2 Å². The number of benzene rings is 2. The maximum absolute atomic E-state index is 13.5. The molecule has 2 heterocycles. The van der Waals surface area contributed by atoms with Crippen molar-refractivity contribution in [2.24, 2.45) is 0 Å². The van der Waals surface area contributed by atoms with Crippen LogP contribution >= 0.6 is 0 Å². The molecule has 0 saturated heterocycles. The van der Waals surface area contributed by atoms with E-state index in [9.17, 15) is 4.79 Å². The molecule has 0 amide bonds. The highest BCUT2D eigenvalue weighted by atomic mass is 16.1. The maximum Gasteiger partial charge on any atom is 0.264 e. The van der Waals surface area contributed by atoms with Crippen molar-refractivity contribution < 1.29 is 0 Å². The molecule has 0 N–H and O–H groups in total. The summed E-state index contributed by atoms with van der Waals surface area (Å²) in [5.41, 5.74) is 3.47. The van der Waals surface area contributed by atoms with Crippen LogP contribution in [0.4, 0.5) is 0 Å². The largest absolute Gasteiger partial charge is 0.281 e. The van der Waals surface area contributed by atoms with Crippen molar-refractivity contribution in [1.82, 2.24) is 14.3 Å². The van der Waals surface area contributed by atoms with Gasteiger partial charge in [0, 0.05) is 23.1 Å². The second kappa shape index (κ2) is 7.10. The van der Waals surface area contributed by atoms with Crippen LogP contribution in [0.15, 0.2) is 71.8 Å². The number of hydrogen-bond donors (Lipinski definition) is 0. The average molecular weight is 379 g/mol. The Labute approximate surface area is 169 Å². The van der Waals surface area contributed by atoms with Gasteiger partial charge in [0.2, 0.25) is 0 Å². The fraction of sp³-hybridized carbons (Fsp3) is 0.200. The molecular formula is C25H21N3O. The molecule has 1 aliphatic carbocycles. The van der Waals surface area contributed by atoms with E-state index in [4.69, 9.17) is 0 Å². The number of para-hydroxylation sites is 1. The first-order valence-electron chi connectivity index (χ1n) is 10.0. The summed E-state index contributed by atoms with van der Waals surface area (Å²) in [4.78, 5) is 13.5. The first-order valence-corrected chi connectivity index (χ1v) is 10.0. The van der Waals surface area contributed by atoms with E-state index < -0.39 is 0 Å². The molecule has 4 heteroatoms. The third-order valence-corrected chi connectivity index (χ3v) is 5.36. The molecular weight excluding hydrogens is 358 g/mol. The Kier molecular flexibility index (Phi) is 4.29. The van der Waals surface area contributed by atoms with Gasteiger partial charge in [0.15, 0.2) is 0 Å². The van der Waals surface area contributed by atoms with Gasteiger partial charge in [-0.1, -0.05) is 49.1 Å². The molecule has 1 fully saturated rings. The summed E-state index contributed by atoms with van der Waals surface area (Å²) in [6.07, 6.45) is 6.95. The van der Waals surface area contributed by atoms with E-state index in [0.717, 1.165) is 34.3 Å². The summed E-state index contributed by atoms with van der Waals surface area (Å²) in [7, 11) is 0. The number of nitrogens with zero attached hydrogens (tertiary/aromatic N) is 3. The lowest BCUT2D eigenvalue weighted by Crippen LogP contribution is -2.22. The quantitative estimate of drug-likeness (QED) is 0.492. The minimum absolute atomic E-state index is 0.0240. The fourth-order valence-corrected chi connectivity index (χ4v) is 3.72. The third-order valence-electron chi connectivity index (χ3n) is 5.36. The van der Waals surface area contributed by atoms with Gasteiger partial charge in [-0.3, -0.25) is 14.0 Å². The highest BCUT2D eigenvalue weighted by molar-refractivity contribution is 5.88. The van der Waals surface area contributed by atoms with Crippen molar-refractivity contribution >= 4 is 10.8 Å². The lowest BCUT2D eigenvalue weighted by atomic mass is 10.0. The van der Waals surface area contributed by atoms with Gasteiger partial charge in [-0.15, -0.1) is 0 Å². The minimum Gasteiger partial charge on any atom is -0.281 e. The summed E-state index contributed by atoms with van der Waals surface area (Å²) in [6.45, 7) is 2.07. The second-order valence-corrected chi connectivity index (χ2v) is 7.43. The Balaban J connectivity index is 1.67. The van der Waals surface area contributed by atoms with Crippen LogP contribution in [0.3, 0.4) is 0 Å². The summed E-state index contributed by atoms with van der Waals surface area (Å²) in [5.74, 6) is 6.41. The third kappa shape index (κ3) is 3.25. The zero-order valence-electron chi connectivity index (χ0n) is 16.3. The van der Waals surface area contributed by atoms with Crippen LogP contribution < -0.4 is 5.56 Å².